The first-order valence-electron chi connectivity index (χ1n) is 6.34. The quantitative estimate of drug-likeness (QED) is 0.865. The Morgan fingerprint density at radius 2 is 1.86 bits per heavy atom. The average Bonchev–Trinajstić information content (AvgIpc) is 2.51. The van der Waals surface area contributed by atoms with Gasteiger partial charge in [-0.1, -0.05) is 23.2 Å². The Labute approximate surface area is 137 Å². The van der Waals surface area contributed by atoms with Crippen LogP contribution in [0.5, 0.6) is 0 Å². The number of carbonyl (C=O) groups is 2. The summed E-state index contributed by atoms with van der Waals surface area (Å²) < 4.78 is 5.09. The number of benzene rings is 1. The lowest BCUT2D eigenvalue weighted by molar-refractivity contribution is -0.123. The smallest absolute Gasteiger partial charge is 0.339 e. The van der Waals surface area contributed by atoms with E-state index in [1.165, 1.54) is 37.5 Å². The van der Waals surface area contributed by atoms with Crippen LogP contribution in [-0.4, -0.2) is 23.0 Å². The predicted molar refractivity (Wildman–Crippen MR) is 84.2 cm³/mol. The molecular weight excluding hydrogens is 327 g/mol. The fourth-order valence-corrected chi connectivity index (χ4v) is 1.93. The fourth-order valence-electron chi connectivity index (χ4n) is 1.60. The van der Waals surface area contributed by atoms with Crippen molar-refractivity contribution in [2.45, 2.75) is 13.0 Å². The van der Waals surface area contributed by atoms with Gasteiger partial charge in [-0.25, -0.2) is 4.79 Å². The van der Waals surface area contributed by atoms with Crippen molar-refractivity contribution in [1.82, 2.24) is 4.98 Å². The number of carbonyl (C=O) groups excluding carboxylic acids is 2. The number of anilines is 1. The molecule has 7 heteroatoms. The van der Waals surface area contributed by atoms with E-state index in [-0.39, 0.29) is 0 Å². The molecule has 1 N–H and O–H groups in total. The number of hydrogen-bond acceptors (Lipinski definition) is 4. The largest absolute Gasteiger partial charge is 0.449 e. The van der Waals surface area contributed by atoms with Gasteiger partial charge < -0.3 is 10.1 Å². The standard InChI is InChI=1S/C15H12Cl2N2O3/c1-9(22-15(21)10-4-6-18-7-5-10)14(20)19-13-8-11(16)2-3-12(13)17/h2-9H,1H3,(H,19,20)/t9-/m1/s1. The number of aromatic nitrogens is 1. The lowest BCUT2D eigenvalue weighted by atomic mass is 10.2. The van der Waals surface area contributed by atoms with Crippen molar-refractivity contribution >= 4 is 40.8 Å². The van der Waals surface area contributed by atoms with E-state index >= 15 is 0 Å². The molecule has 0 aliphatic carbocycles. The zero-order valence-corrected chi connectivity index (χ0v) is 13.1. The molecule has 22 heavy (non-hydrogen) atoms. The zero-order valence-electron chi connectivity index (χ0n) is 11.5. The monoisotopic (exact) mass is 338 g/mol. The Kier molecular flexibility index (Phi) is 5.35. The van der Waals surface area contributed by atoms with E-state index in [0.717, 1.165) is 0 Å². The molecule has 0 saturated heterocycles. The summed E-state index contributed by atoms with van der Waals surface area (Å²) in [7, 11) is 0. The van der Waals surface area contributed by atoms with E-state index in [2.05, 4.69) is 10.3 Å². The third kappa shape index (κ3) is 4.19. The third-order valence-corrected chi connectivity index (χ3v) is 3.32. The van der Waals surface area contributed by atoms with E-state index in [1.807, 2.05) is 0 Å². The maximum Gasteiger partial charge on any atom is 0.339 e. The first-order chi connectivity index (χ1) is 10.5. The Hall–Kier alpha value is -2.11. The molecule has 2 rings (SSSR count). The minimum Gasteiger partial charge on any atom is -0.449 e. The van der Waals surface area contributed by atoms with E-state index in [1.54, 1.807) is 12.1 Å². The summed E-state index contributed by atoms with van der Waals surface area (Å²) in [6.07, 6.45) is 1.94. The number of amides is 1. The first-order valence-corrected chi connectivity index (χ1v) is 7.10. The molecule has 0 fully saturated rings. The Morgan fingerprint density at radius 1 is 1.18 bits per heavy atom. The van der Waals surface area contributed by atoms with Gasteiger partial charge in [0.05, 0.1) is 16.3 Å². The molecule has 5 nitrogen and oxygen atoms in total. The Balaban J connectivity index is 2.00. The van der Waals surface area contributed by atoms with Crippen LogP contribution < -0.4 is 5.32 Å². The van der Waals surface area contributed by atoms with Crippen LogP contribution in [0.25, 0.3) is 0 Å². The second kappa shape index (κ2) is 7.24. The molecule has 1 aromatic heterocycles. The van der Waals surface area contributed by atoms with Crippen molar-refractivity contribution < 1.29 is 14.3 Å². The molecule has 0 radical (unpaired) electrons. The fraction of sp³-hybridized carbons (Fsp3) is 0.133. The van der Waals surface area contributed by atoms with Crippen LogP contribution in [0.3, 0.4) is 0 Å². The Morgan fingerprint density at radius 3 is 2.55 bits per heavy atom. The maximum atomic E-state index is 12.0. The molecule has 1 amide bonds. The SMILES string of the molecule is C[C@@H](OC(=O)c1ccncc1)C(=O)Nc1cc(Cl)ccc1Cl. The summed E-state index contributed by atoms with van der Waals surface area (Å²) in [6, 6.07) is 7.68. The highest BCUT2D eigenvalue weighted by Crippen LogP contribution is 2.25. The summed E-state index contributed by atoms with van der Waals surface area (Å²) in [5.74, 6) is -1.12. The summed E-state index contributed by atoms with van der Waals surface area (Å²) in [6.45, 7) is 1.47. The zero-order chi connectivity index (χ0) is 16.1. The molecule has 0 saturated carbocycles. The van der Waals surface area contributed by atoms with Crippen molar-refractivity contribution in [2.75, 3.05) is 5.32 Å². The molecule has 1 atom stereocenters. The van der Waals surface area contributed by atoms with Gasteiger partial charge in [-0.2, -0.15) is 0 Å². The van der Waals surface area contributed by atoms with Gasteiger partial charge in [-0.3, -0.25) is 9.78 Å². The number of hydrogen-bond donors (Lipinski definition) is 1. The van der Waals surface area contributed by atoms with Crippen LogP contribution in [-0.2, 0) is 9.53 Å². The van der Waals surface area contributed by atoms with Crippen LogP contribution in [0.15, 0.2) is 42.7 Å². The van der Waals surface area contributed by atoms with Gasteiger partial charge in [0, 0.05) is 17.4 Å². The van der Waals surface area contributed by atoms with Gasteiger partial charge >= 0.3 is 5.97 Å². The number of pyridine rings is 1. The van der Waals surface area contributed by atoms with Crippen molar-refractivity contribution in [1.29, 1.82) is 0 Å². The van der Waals surface area contributed by atoms with Crippen molar-refractivity contribution in [3.8, 4) is 0 Å². The molecule has 1 heterocycles. The van der Waals surface area contributed by atoms with E-state index in [9.17, 15) is 9.59 Å². The van der Waals surface area contributed by atoms with Crippen LogP contribution >= 0.6 is 23.2 Å². The number of ether oxygens (including phenoxy) is 1. The van der Waals surface area contributed by atoms with Gasteiger partial charge in [0.25, 0.3) is 5.91 Å². The van der Waals surface area contributed by atoms with Crippen LogP contribution in [0.2, 0.25) is 10.0 Å². The molecule has 0 unspecified atom stereocenters. The van der Waals surface area contributed by atoms with Crippen molar-refractivity contribution in [3.05, 3.63) is 58.3 Å². The topological polar surface area (TPSA) is 68.3 Å². The predicted octanol–water partition coefficient (Wildman–Crippen LogP) is 3.57. The molecule has 0 spiro atoms. The van der Waals surface area contributed by atoms with Crippen molar-refractivity contribution in [3.63, 3.8) is 0 Å². The van der Waals surface area contributed by atoms with Gasteiger partial charge in [0.15, 0.2) is 6.10 Å². The number of rotatable bonds is 4. The highest BCUT2D eigenvalue weighted by Gasteiger charge is 2.19. The molecule has 1 aromatic carbocycles. The number of nitrogens with zero attached hydrogens (tertiary/aromatic N) is 1. The highest BCUT2D eigenvalue weighted by molar-refractivity contribution is 6.35. The lowest BCUT2D eigenvalue weighted by Crippen LogP contribution is -2.30. The number of halogens is 2. The molecular formula is C15H12Cl2N2O3. The molecule has 0 aliphatic heterocycles. The highest BCUT2D eigenvalue weighted by atomic mass is 35.5. The molecule has 0 aliphatic rings. The molecule has 0 bridgehead atoms. The summed E-state index contributed by atoms with van der Waals surface area (Å²) >= 11 is 11.8. The van der Waals surface area contributed by atoms with E-state index in [0.29, 0.717) is 21.3 Å². The van der Waals surface area contributed by atoms with Gasteiger partial charge in [-0.15, -0.1) is 0 Å². The normalized spacial score (nSPS) is 11.6. The average molecular weight is 339 g/mol. The second-order valence-corrected chi connectivity index (χ2v) is 5.24. The molecule has 114 valence electrons. The van der Waals surface area contributed by atoms with Gasteiger partial charge in [-0.05, 0) is 37.3 Å². The van der Waals surface area contributed by atoms with E-state index < -0.39 is 18.0 Å². The van der Waals surface area contributed by atoms with Gasteiger partial charge in [0.1, 0.15) is 0 Å². The van der Waals surface area contributed by atoms with Crippen molar-refractivity contribution in [2.24, 2.45) is 0 Å². The number of nitrogens with one attached hydrogen (secondary N) is 1. The van der Waals surface area contributed by atoms with Crippen LogP contribution in [0, 0.1) is 0 Å². The third-order valence-electron chi connectivity index (χ3n) is 2.76. The lowest BCUT2D eigenvalue weighted by Gasteiger charge is -2.14. The summed E-state index contributed by atoms with van der Waals surface area (Å²) in [5.41, 5.74) is 0.668. The van der Waals surface area contributed by atoms with Crippen LogP contribution in [0.4, 0.5) is 5.69 Å². The second-order valence-electron chi connectivity index (χ2n) is 4.40. The van der Waals surface area contributed by atoms with Gasteiger partial charge in [0.2, 0.25) is 0 Å². The minimum absolute atomic E-state index is 0.315. The minimum atomic E-state index is -0.990. The van der Waals surface area contributed by atoms with E-state index in [4.69, 9.17) is 27.9 Å². The summed E-state index contributed by atoms with van der Waals surface area (Å²) in [5, 5.41) is 3.33. The Bertz CT molecular complexity index is 692. The maximum absolute atomic E-state index is 12.0. The first kappa shape index (κ1) is 16.3. The van der Waals surface area contributed by atoms with Crippen LogP contribution in [0.1, 0.15) is 17.3 Å². The molecule has 2 aromatic rings. The summed E-state index contributed by atoms with van der Waals surface area (Å²) in [4.78, 5) is 27.7. The number of esters is 1.